The molecule has 1 aliphatic heterocycles. The molecule has 0 unspecified atom stereocenters. The second kappa shape index (κ2) is 4.55. The SMILES string of the molecule is CC.CC(C)(C)C1=CCNC1. The van der Waals surface area contributed by atoms with Gasteiger partial charge in [0.15, 0.2) is 0 Å². The molecule has 0 aromatic carbocycles. The summed E-state index contributed by atoms with van der Waals surface area (Å²) in [6, 6.07) is 0. The van der Waals surface area contributed by atoms with Crippen molar-refractivity contribution in [3.05, 3.63) is 11.6 Å². The minimum atomic E-state index is 0.378. The number of rotatable bonds is 0. The van der Waals surface area contributed by atoms with E-state index >= 15 is 0 Å². The molecule has 1 rings (SSSR count). The molecule has 1 heterocycles. The Bertz CT molecular complexity index is 128. The molecule has 1 heteroatoms. The third-order valence-corrected chi connectivity index (χ3v) is 1.77. The molecule has 0 bridgehead atoms. The highest BCUT2D eigenvalue weighted by atomic mass is 14.9. The van der Waals surface area contributed by atoms with Crippen molar-refractivity contribution in [1.29, 1.82) is 0 Å². The zero-order valence-corrected chi connectivity index (χ0v) is 8.49. The highest BCUT2D eigenvalue weighted by molar-refractivity contribution is 5.17. The summed E-state index contributed by atoms with van der Waals surface area (Å²) < 4.78 is 0. The summed E-state index contributed by atoms with van der Waals surface area (Å²) in [5.41, 5.74) is 1.92. The molecule has 0 aromatic rings. The van der Waals surface area contributed by atoms with Crippen LogP contribution in [0.2, 0.25) is 0 Å². The highest BCUT2D eigenvalue weighted by Gasteiger charge is 2.18. The van der Waals surface area contributed by atoms with Gasteiger partial charge in [-0.15, -0.1) is 0 Å². The number of hydrogen-bond acceptors (Lipinski definition) is 1. The summed E-state index contributed by atoms with van der Waals surface area (Å²) in [5, 5.41) is 3.29. The van der Waals surface area contributed by atoms with Crippen molar-refractivity contribution in [3.8, 4) is 0 Å². The van der Waals surface area contributed by atoms with E-state index in [1.807, 2.05) is 13.8 Å². The quantitative estimate of drug-likeness (QED) is 0.530. The Balaban J connectivity index is 0.000000461. The van der Waals surface area contributed by atoms with Crippen molar-refractivity contribution in [1.82, 2.24) is 5.32 Å². The van der Waals surface area contributed by atoms with Crippen molar-refractivity contribution < 1.29 is 0 Å². The van der Waals surface area contributed by atoms with E-state index in [1.165, 1.54) is 0 Å². The number of hydrogen-bond donors (Lipinski definition) is 1. The second-order valence-corrected chi connectivity index (χ2v) is 3.61. The van der Waals surface area contributed by atoms with Gasteiger partial charge in [0, 0.05) is 13.1 Å². The summed E-state index contributed by atoms with van der Waals surface area (Å²) in [6.45, 7) is 12.9. The first-order chi connectivity index (χ1) is 5.11. The summed E-state index contributed by atoms with van der Waals surface area (Å²) in [7, 11) is 0. The minimum Gasteiger partial charge on any atom is -0.310 e. The third-order valence-electron chi connectivity index (χ3n) is 1.77. The molecule has 0 spiro atoms. The van der Waals surface area contributed by atoms with Crippen LogP contribution in [0.1, 0.15) is 34.6 Å². The second-order valence-electron chi connectivity index (χ2n) is 3.61. The summed E-state index contributed by atoms with van der Waals surface area (Å²) in [5.74, 6) is 0. The van der Waals surface area contributed by atoms with Gasteiger partial charge in [0.1, 0.15) is 0 Å². The Labute approximate surface area is 70.9 Å². The Hall–Kier alpha value is -0.300. The first kappa shape index (κ1) is 10.7. The van der Waals surface area contributed by atoms with Crippen molar-refractivity contribution in [2.75, 3.05) is 13.1 Å². The maximum Gasteiger partial charge on any atom is 0.0173 e. The topological polar surface area (TPSA) is 12.0 Å². The molecule has 0 fully saturated rings. The van der Waals surface area contributed by atoms with E-state index in [9.17, 15) is 0 Å². The Morgan fingerprint density at radius 3 is 2.00 bits per heavy atom. The molecule has 11 heavy (non-hydrogen) atoms. The van der Waals surface area contributed by atoms with E-state index in [-0.39, 0.29) is 0 Å². The molecule has 1 nitrogen and oxygen atoms in total. The lowest BCUT2D eigenvalue weighted by molar-refractivity contribution is 0.495. The van der Waals surface area contributed by atoms with Gasteiger partial charge >= 0.3 is 0 Å². The lowest BCUT2D eigenvalue weighted by Crippen LogP contribution is -2.16. The Morgan fingerprint density at radius 2 is 1.82 bits per heavy atom. The van der Waals surface area contributed by atoms with Gasteiger partial charge < -0.3 is 5.32 Å². The number of nitrogens with one attached hydrogen (secondary N) is 1. The van der Waals surface area contributed by atoms with Crippen molar-refractivity contribution in [2.24, 2.45) is 5.41 Å². The average Bonchev–Trinajstić information content (AvgIpc) is 2.40. The Kier molecular flexibility index (Phi) is 4.43. The van der Waals surface area contributed by atoms with Crippen LogP contribution in [0.5, 0.6) is 0 Å². The fourth-order valence-corrected chi connectivity index (χ4v) is 1.05. The van der Waals surface area contributed by atoms with Crippen LogP contribution in [0.3, 0.4) is 0 Å². The Morgan fingerprint density at radius 1 is 1.27 bits per heavy atom. The van der Waals surface area contributed by atoms with Crippen molar-refractivity contribution >= 4 is 0 Å². The van der Waals surface area contributed by atoms with E-state index in [1.54, 1.807) is 5.57 Å². The van der Waals surface area contributed by atoms with E-state index in [0.29, 0.717) is 5.41 Å². The predicted molar refractivity (Wildman–Crippen MR) is 51.8 cm³/mol. The van der Waals surface area contributed by atoms with Crippen LogP contribution in [0.15, 0.2) is 11.6 Å². The molecule has 66 valence electrons. The molecule has 0 saturated heterocycles. The minimum absolute atomic E-state index is 0.378. The standard InChI is InChI=1S/C8H15N.C2H6/c1-8(2,3)7-4-5-9-6-7;1-2/h4,9H,5-6H2,1-3H3;1-2H3. The van der Waals surface area contributed by atoms with Crippen LogP contribution < -0.4 is 5.32 Å². The van der Waals surface area contributed by atoms with Crippen LogP contribution in [0.25, 0.3) is 0 Å². The molecular formula is C10H21N. The molecule has 0 aromatic heterocycles. The fourth-order valence-electron chi connectivity index (χ4n) is 1.05. The largest absolute Gasteiger partial charge is 0.310 e. The smallest absolute Gasteiger partial charge is 0.0173 e. The summed E-state index contributed by atoms with van der Waals surface area (Å²) in [6.07, 6.45) is 2.29. The van der Waals surface area contributed by atoms with Gasteiger partial charge in [0.2, 0.25) is 0 Å². The normalized spacial score (nSPS) is 17.0. The molecule has 1 N–H and O–H groups in total. The molecule has 0 amide bonds. The van der Waals surface area contributed by atoms with Gasteiger partial charge in [0.05, 0.1) is 0 Å². The van der Waals surface area contributed by atoms with E-state index in [4.69, 9.17) is 0 Å². The lowest BCUT2D eigenvalue weighted by atomic mass is 9.87. The lowest BCUT2D eigenvalue weighted by Gasteiger charge is -2.19. The van der Waals surface area contributed by atoms with E-state index < -0.39 is 0 Å². The predicted octanol–water partition coefficient (Wildman–Crippen LogP) is 2.59. The summed E-state index contributed by atoms with van der Waals surface area (Å²) in [4.78, 5) is 0. The third kappa shape index (κ3) is 3.57. The van der Waals surface area contributed by atoms with Gasteiger partial charge in [-0.3, -0.25) is 0 Å². The van der Waals surface area contributed by atoms with Gasteiger partial charge in [-0.05, 0) is 5.41 Å². The van der Waals surface area contributed by atoms with Gasteiger partial charge in [-0.25, -0.2) is 0 Å². The highest BCUT2D eigenvalue weighted by Crippen LogP contribution is 2.25. The summed E-state index contributed by atoms with van der Waals surface area (Å²) >= 11 is 0. The monoisotopic (exact) mass is 155 g/mol. The van der Waals surface area contributed by atoms with Crippen LogP contribution in [0, 0.1) is 5.41 Å². The molecule has 0 saturated carbocycles. The zero-order chi connectivity index (χ0) is 8.91. The van der Waals surface area contributed by atoms with Gasteiger partial charge in [0.25, 0.3) is 0 Å². The maximum atomic E-state index is 3.29. The molecule has 0 radical (unpaired) electrons. The van der Waals surface area contributed by atoms with Crippen LogP contribution in [0.4, 0.5) is 0 Å². The van der Waals surface area contributed by atoms with Gasteiger partial charge in [-0.1, -0.05) is 46.3 Å². The van der Waals surface area contributed by atoms with Crippen LogP contribution in [-0.4, -0.2) is 13.1 Å². The van der Waals surface area contributed by atoms with Crippen LogP contribution in [-0.2, 0) is 0 Å². The zero-order valence-electron chi connectivity index (χ0n) is 8.49. The molecule has 1 aliphatic rings. The maximum absolute atomic E-state index is 3.29. The van der Waals surface area contributed by atoms with Crippen molar-refractivity contribution in [2.45, 2.75) is 34.6 Å². The fraction of sp³-hybridized carbons (Fsp3) is 0.800. The van der Waals surface area contributed by atoms with Crippen LogP contribution >= 0.6 is 0 Å². The van der Waals surface area contributed by atoms with Gasteiger partial charge in [-0.2, -0.15) is 0 Å². The van der Waals surface area contributed by atoms with E-state index in [0.717, 1.165) is 13.1 Å². The van der Waals surface area contributed by atoms with E-state index in [2.05, 4.69) is 32.2 Å². The first-order valence-electron chi connectivity index (χ1n) is 4.51. The first-order valence-corrected chi connectivity index (χ1v) is 4.51. The average molecular weight is 155 g/mol. The molecular weight excluding hydrogens is 134 g/mol. The molecule has 0 atom stereocenters. The molecule has 0 aliphatic carbocycles. The van der Waals surface area contributed by atoms with Crippen molar-refractivity contribution in [3.63, 3.8) is 0 Å².